The molecule has 5 aromatic carbocycles. The van der Waals surface area contributed by atoms with Gasteiger partial charge in [0, 0.05) is 16.5 Å². The third kappa shape index (κ3) is 6.83. The molecule has 2 saturated heterocycles. The van der Waals surface area contributed by atoms with E-state index in [4.69, 9.17) is 42.1 Å². The van der Waals surface area contributed by atoms with E-state index in [1.165, 1.54) is 31.3 Å². The van der Waals surface area contributed by atoms with Crippen molar-refractivity contribution in [1.82, 2.24) is 5.01 Å². The van der Waals surface area contributed by atoms with E-state index >= 15 is 9.59 Å². The number of amides is 4. The third-order valence-electron chi connectivity index (χ3n) is 13.2. The Balaban J connectivity index is 1.13. The molecule has 9 rings (SSSR count). The molecule has 2 heterocycles. The van der Waals surface area contributed by atoms with Gasteiger partial charge in [-0.1, -0.05) is 77.3 Å². The Morgan fingerprint density at radius 2 is 1.44 bits per heavy atom. The average Bonchev–Trinajstić information content (AvgIpc) is 3.69. The number of phenols is 1. The first-order valence-electron chi connectivity index (χ1n) is 20.6. The van der Waals surface area contributed by atoms with Crippen molar-refractivity contribution in [2.75, 3.05) is 38.8 Å². The summed E-state index contributed by atoms with van der Waals surface area (Å²) in [5, 5.41) is 12.4. The zero-order chi connectivity index (χ0) is 45.0. The molecule has 326 valence electrons. The lowest BCUT2D eigenvalue weighted by Crippen LogP contribution is -2.53. The van der Waals surface area contributed by atoms with E-state index in [0.29, 0.717) is 39.1 Å². The molecule has 0 aromatic heterocycles. The van der Waals surface area contributed by atoms with Crippen molar-refractivity contribution >= 4 is 70.4 Å². The predicted octanol–water partition coefficient (Wildman–Crippen LogP) is 9.09. The first-order valence-corrected chi connectivity index (χ1v) is 21.4. The maximum absolute atomic E-state index is 15.6. The summed E-state index contributed by atoms with van der Waals surface area (Å²) in [6.07, 6.45) is 6.07. The van der Waals surface area contributed by atoms with E-state index in [2.05, 4.69) is 5.43 Å². The lowest BCUT2D eigenvalue weighted by molar-refractivity contribution is -0.138. The van der Waals surface area contributed by atoms with Gasteiger partial charge in [0.15, 0.2) is 11.5 Å². The smallest absolute Gasteiger partial charge is 0.260 e. The fraction of sp³-hybridized carbons (Fsp3) is 0.240. The molecule has 3 fully saturated rings. The molecule has 4 amide bonds. The van der Waals surface area contributed by atoms with E-state index in [0.717, 1.165) is 21.7 Å². The van der Waals surface area contributed by atoms with Gasteiger partial charge in [-0.2, -0.15) is 5.01 Å². The lowest BCUT2D eigenvalue weighted by atomic mass is 9.49. The molecule has 1 saturated carbocycles. The van der Waals surface area contributed by atoms with Crippen LogP contribution in [0.1, 0.15) is 41.0 Å². The highest BCUT2D eigenvalue weighted by atomic mass is 35.5. The molecule has 0 spiro atoms. The molecule has 12 nitrogen and oxygen atoms in total. The summed E-state index contributed by atoms with van der Waals surface area (Å²) < 4.78 is 22.0. The number of fused-ring (bicyclic) bond motifs is 4. The molecule has 6 atom stereocenters. The van der Waals surface area contributed by atoms with E-state index in [1.807, 2.05) is 48.6 Å². The van der Waals surface area contributed by atoms with Crippen molar-refractivity contribution in [3.05, 3.63) is 147 Å². The number of methoxy groups -OCH3 is 4. The van der Waals surface area contributed by atoms with Crippen LogP contribution in [0.15, 0.2) is 115 Å². The highest BCUT2D eigenvalue weighted by Crippen LogP contribution is 2.64. The Morgan fingerprint density at radius 3 is 2.12 bits per heavy atom. The number of nitrogens with zero attached hydrogens (tertiary/aromatic N) is 2. The van der Waals surface area contributed by atoms with Crippen molar-refractivity contribution in [3.63, 3.8) is 0 Å². The minimum absolute atomic E-state index is 0.0756. The summed E-state index contributed by atoms with van der Waals surface area (Å²) in [5.41, 5.74) is 5.61. The molecule has 5 aromatic rings. The van der Waals surface area contributed by atoms with E-state index < -0.39 is 46.8 Å². The summed E-state index contributed by atoms with van der Waals surface area (Å²) in [7, 11) is 6.16. The van der Waals surface area contributed by atoms with E-state index in [-0.39, 0.29) is 46.9 Å². The molecular formula is C50H43Cl2N3O9. The second kappa shape index (κ2) is 16.7. The number of benzene rings is 5. The molecule has 64 heavy (non-hydrogen) atoms. The van der Waals surface area contributed by atoms with Crippen LogP contribution in [-0.2, 0) is 24.6 Å². The number of nitrogens with one attached hydrogen (secondary N) is 1. The summed E-state index contributed by atoms with van der Waals surface area (Å²) in [6, 6.07) is 29.3. The Morgan fingerprint density at radius 1 is 0.719 bits per heavy atom. The summed E-state index contributed by atoms with van der Waals surface area (Å²) in [4.78, 5) is 61.3. The number of hydrogen-bond acceptors (Lipinski definition) is 10. The number of imide groups is 2. The molecule has 0 bridgehead atoms. The van der Waals surface area contributed by atoms with Gasteiger partial charge >= 0.3 is 0 Å². The number of carbonyl (C=O) groups excluding carboxylic acids is 4. The molecule has 0 unspecified atom stereocenters. The van der Waals surface area contributed by atoms with Crippen LogP contribution in [0.4, 0.5) is 11.4 Å². The zero-order valence-electron chi connectivity index (χ0n) is 35.2. The standard InChI is InChI=1S/C50H43Cl2N3O9/c1-61-33-15-10-30(11-16-33)50-38(47(58)55(49(50)60)53-40-20-12-31(51)25-39(40)52)26-37-35(45(50)29-9-21-41(56)43(24-29)64-4)18-19-36-44(37)48(59)54(46(36)57)32-13-6-27(7-14-32)5-8-28-23-34(62-2)17-22-42(28)63-3/h5-18,20-25,36-38,44-45,53,56H,19,26H2,1-4H3/t36-,37+,38-,44-,45-,50+/m0/s1. The van der Waals surface area contributed by atoms with Gasteiger partial charge < -0.3 is 24.1 Å². The van der Waals surface area contributed by atoms with Crippen molar-refractivity contribution in [2.24, 2.45) is 23.7 Å². The van der Waals surface area contributed by atoms with Crippen LogP contribution in [-0.4, -0.2) is 62.2 Å². The minimum atomic E-state index is -1.59. The maximum atomic E-state index is 15.6. The fourth-order valence-corrected chi connectivity index (χ4v) is 10.7. The topological polar surface area (TPSA) is 144 Å². The SMILES string of the molecule is COc1ccc([C@@]23C(=O)N(Nc4ccc(Cl)cc4Cl)C(=O)[C@@H]2C[C@@H]2C(=CC[C@@H]4C(=O)N(c5ccc(C=Cc6cc(OC)ccc6OC)cc5)C(=O)[C@@H]42)[C@@H]3c2ccc(O)c(OC)c2)cc1. The zero-order valence-corrected chi connectivity index (χ0v) is 36.7. The second-order valence-corrected chi connectivity index (χ2v) is 17.0. The van der Waals surface area contributed by atoms with E-state index in [9.17, 15) is 14.7 Å². The van der Waals surface area contributed by atoms with Crippen LogP contribution in [0.5, 0.6) is 28.7 Å². The Labute approximate surface area is 379 Å². The molecule has 2 N–H and O–H groups in total. The number of allylic oxidation sites excluding steroid dienone is 2. The monoisotopic (exact) mass is 899 g/mol. The third-order valence-corrected chi connectivity index (χ3v) is 13.7. The molecule has 0 radical (unpaired) electrons. The first-order chi connectivity index (χ1) is 30.9. The van der Waals surface area contributed by atoms with Crippen LogP contribution >= 0.6 is 23.2 Å². The van der Waals surface area contributed by atoms with Crippen LogP contribution < -0.4 is 29.3 Å². The van der Waals surface area contributed by atoms with Gasteiger partial charge in [0.1, 0.15) is 17.2 Å². The second-order valence-electron chi connectivity index (χ2n) is 16.2. The highest BCUT2D eigenvalue weighted by molar-refractivity contribution is 6.36. The number of rotatable bonds is 11. The maximum Gasteiger partial charge on any atom is 0.260 e. The average molecular weight is 901 g/mol. The highest BCUT2D eigenvalue weighted by Gasteiger charge is 2.70. The number of anilines is 2. The van der Waals surface area contributed by atoms with Crippen LogP contribution in [0, 0.1) is 23.7 Å². The number of halogens is 2. The Bertz CT molecular complexity index is 2770. The van der Waals surface area contributed by atoms with E-state index in [1.54, 1.807) is 74.9 Å². The number of hydrazine groups is 1. The molecular weight excluding hydrogens is 857 g/mol. The van der Waals surface area contributed by atoms with Gasteiger partial charge in [0.2, 0.25) is 11.8 Å². The fourth-order valence-electron chi connectivity index (χ4n) is 10.2. The first kappa shape index (κ1) is 42.5. The largest absolute Gasteiger partial charge is 0.504 e. The predicted molar refractivity (Wildman–Crippen MR) is 243 cm³/mol. The van der Waals surface area contributed by atoms with Crippen LogP contribution in [0.2, 0.25) is 10.0 Å². The normalized spacial score (nSPS) is 23.7. The summed E-state index contributed by atoms with van der Waals surface area (Å²) in [6.45, 7) is 0. The van der Waals surface area contributed by atoms with Crippen molar-refractivity contribution in [2.45, 2.75) is 24.2 Å². The number of aromatic hydroxyl groups is 1. The molecule has 4 aliphatic rings. The summed E-state index contributed by atoms with van der Waals surface area (Å²) >= 11 is 12.8. The van der Waals surface area contributed by atoms with Gasteiger partial charge in [-0.3, -0.25) is 29.5 Å². The number of hydrogen-bond donors (Lipinski definition) is 2. The molecule has 14 heteroatoms. The van der Waals surface area contributed by atoms with Crippen LogP contribution in [0.3, 0.4) is 0 Å². The molecule has 2 aliphatic heterocycles. The van der Waals surface area contributed by atoms with Crippen molar-refractivity contribution < 1.29 is 43.2 Å². The van der Waals surface area contributed by atoms with Gasteiger partial charge in [0.05, 0.1) is 68.0 Å². The summed E-state index contributed by atoms with van der Waals surface area (Å²) in [5.74, 6) is -3.93. The van der Waals surface area contributed by atoms with Gasteiger partial charge in [0.25, 0.3) is 11.8 Å². The lowest BCUT2D eigenvalue weighted by Gasteiger charge is -2.50. The van der Waals surface area contributed by atoms with Gasteiger partial charge in [-0.15, -0.1) is 0 Å². The number of phenolic OH excluding ortho intramolecular Hbond substituents is 1. The van der Waals surface area contributed by atoms with Gasteiger partial charge in [-0.25, -0.2) is 0 Å². The van der Waals surface area contributed by atoms with Crippen molar-refractivity contribution in [1.29, 1.82) is 0 Å². The Hall–Kier alpha value is -6.76. The van der Waals surface area contributed by atoms with Gasteiger partial charge in [-0.05, 0) is 108 Å². The quantitative estimate of drug-likeness (QED) is 0.0749. The minimum Gasteiger partial charge on any atom is -0.504 e. The number of ether oxygens (including phenoxy) is 4. The van der Waals surface area contributed by atoms with Crippen molar-refractivity contribution in [3.8, 4) is 28.7 Å². The van der Waals surface area contributed by atoms with Crippen LogP contribution in [0.25, 0.3) is 12.2 Å². The number of carbonyl (C=O) groups is 4. The molecule has 2 aliphatic carbocycles. The Kier molecular flexibility index (Phi) is 11.1.